The smallest absolute Gasteiger partial charge is 0.165 e. The second-order valence-electron chi connectivity index (χ2n) is 6.00. The van der Waals surface area contributed by atoms with Crippen molar-refractivity contribution in [3.63, 3.8) is 0 Å². The molecule has 0 saturated heterocycles. The number of rotatable bonds is 4. The van der Waals surface area contributed by atoms with E-state index in [1.165, 1.54) is 13.2 Å². The monoisotopic (exact) mass is 266 g/mol. The molecule has 0 amide bonds. The average molecular weight is 266 g/mol. The van der Waals surface area contributed by atoms with Crippen LogP contribution in [0.5, 0.6) is 5.75 Å². The zero-order valence-electron chi connectivity index (χ0n) is 11.9. The van der Waals surface area contributed by atoms with Crippen molar-refractivity contribution >= 4 is 5.69 Å². The number of nitrogens with one attached hydrogen (secondary N) is 1. The van der Waals surface area contributed by atoms with Crippen molar-refractivity contribution in [3.8, 4) is 5.75 Å². The zero-order chi connectivity index (χ0) is 14.1. The van der Waals surface area contributed by atoms with E-state index < -0.39 is 0 Å². The minimum absolute atomic E-state index is 0.128. The van der Waals surface area contributed by atoms with Gasteiger partial charge >= 0.3 is 0 Å². The first-order valence-corrected chi connectivity index (χ1v) is 6.76. The molecule has 4 heteroatoms. The lowest BCUT2D eigenvalue weighted by Gasteiger charge is -2.42. The maximum atomic E-state index is 13.4. The van der Waals surface area contributed by atoms with Gasteiger partial charge in [0.15, 0.2) is 11.6 Å². The maximum Gasteiger partial charge on any atom is 0.165 e. The Bertz CT molecular complexity index is 461. The molecule has 1 atom stereocenters. The van der Waals surface area contributed by atoms with Gasteiger partial charge in [-0.25, -0.2) is 4.39 Å². The highest BCUT2D eigenvalue weighted by Gasteiger charge is 2.47. The minimum atomic E-state index is -0.347. The highest BCUT2D eigenvalue weighted by atomic mass is 19.1. The van der Waals surface area contributed by atoms with Gasteiger partial charge in [-0.1, -0.05) is 20.3 Å². The van der Waals surface area contributed by atoms with Gasteiger partial charge in [0.1, 0.15) is 0 Å². The fraction of sp³-hybridized carbons (Fsp3) is 0.600. The Hall–Kier alpha value is -1.29. The fourth-order valence-corrected chi connectivity index (χ4v) is 3.08. The van der Waals surface area contributed by atoms with Crippen LogP contribution in [-0.4, -0.2) is 19.2 Å². The third-order valence-corrected chi connectivity index (χ3v) is 4.58. The summed E-state index contributed by atoms with van der Waals surface area (Å²) in [6.45, 7) is 5.04. The minimum Gasteiger partial charge on any atom is -0.494 e. The number of ether oxygens (including phenoxy) is 1. The first-order valence-electron chi connectivity index (χ1n) is 6.76. The van der Waals surface area contributed by atoms with E-state index in [2.05, 4.69) is 19.2 Å². The summed E-state index contributed by atoms with van der Waals surface area (Å²) in [5, 5.41) is 3.52. The molecule has 1 aromatic carbocycles. The van der Waals surface area contributed by atoms with Crippen molar-refractivity contribution in [2.75, 3.05) is 19.0 Å². The van der Waals surface area contributed by atoms with Crippen LogP contribution >= 0.6 is 0 Å². The largest absolute Gasteiger partial charge is 0.494 e. The molecule has 1 aromatic rings. The van der Waals surface area contributed by atoms with E-state index >= 15 is 0 Å². The number of hydrogen-bond donors (Lipinski definition) is 2. The molecule has 1 aliphatic rings. The summed E-state index contributed by atoms with van der Waals surface area (Å²) < 4.78 is 18.5. The first-order chi connectivity index (χ1) is 8.94. The van der Waals surface area contributed by atoms with Crippen molar-refractivity contribution in [2.24, 2.45) is 11.1 Å². The van der Waals surface area contributed by atoms with Crippen molar-refractivity contribution in [2.45, 2.75) is 38.6 Å². The van der Waals surface area contributed by atoms with Crippen LogP contribution in [0.4, 0.5) is 10.1 Å². The molecule has 0 aromatic heterocycles. The summed E-state index contributed by atoms with van der Waals surface area (Å²) in [4.78, 5) is 0. The van der Waals surface area contributed by atoms with Crippen LogP contribution < -0.4 is 15.8 Å². The third-order valence-electron chi connectivity index (χ3n) is 4.58. The van der Waals surface area contributed by atoms with Crippen LogP contribution in [0.25, 0.3) is 0 Å². The summed E-state index contributed by atoms with van der Waals surface area (Å²) in [7, 11) is 1.47. The lowest BCUT2D eigenvalue weighted by molar-refractivity contribution is 0.239. The van der Waals surface area contributed by atoms with Gasteiger partial charge in [0.25, 0.3) is 0 Å². The predicted octanol–water partition coefficient (Wildman–Crippen LogP) is 3.15. The molecule has 0 heterocycles. The second kappa shape index (κ2) is 5.00. The molecule has 0 radical (unpaired) electrons. The quantitative estimate of drug-likeness (QED) is 0.880. The highest BCUT2D eigenvalue weighted by Crippen LogP contribution is 2.47. The molecule has 1 aliphatic carbocycles. The molecule has 3 N–H and O–H groups in total. The van der Waals surface area contributed by atoms with Crippen molar-refractivity contribution < 1.29 is 9.13 Å². The molecule has 0 spiro atoms. The van der Waals surface area contributed by atoms with Crippen LogP contribution in [0.3, 0.4) is 0 Å². The number of hydrogen-bond acceptors (Lipinski definition) is 3. The van der Waals surface area contributed by atoms with Crippen LogP contribution in [0, 0.1) is 11.2 Å². The van der Waals surface area contributed by atoms with Gasteiger partial charge in [0.2, 0.25) is 0 Å². The summed E-state index contributed by atoms with van der Waals surface area (Å²) >= 11 is 0. The Balaban J connectivity index is 2.29. The fourth-order valence-electron chi connectivity index (χ4n) is 3.08. The van der Waals surface area contributed by atoms with Crippen LogP contribution in [0.15, 0.2) is 18.2 Å². The Morgan fingerprint density at radius 3 is 2.63 bits per heavy atom. The zero-order valence-corrected chi connectivity index (χ0v) is 11.9. The number of halogens is 1. The molecule has 1 saturated carbocycles. The number of nitrogens with two attached hydrogens (primary N) is 1. The first kappa shape index (κ1) is 14.1. The third kappa shape index (κ3) is 2.41. The van der Waals surface area contributed by atoms with Gasteiger partial charge in [-0.05, 0) is 30.4 Å². The number of anilines is 1. The van der Waals surface area contributed by atoms with E-state index in [9.17, 15) is 4.39 Å². The van der Waals surface area contributed by atoms with Crippen LogP contribution in [0.2, 0.25) is 0 Å². The lowest BCUT2D eigenvalue weighted by atomic mass is 9.74. The molecule has 2 rings (SSSR count). The van der Waals surface area contributed by atoms with Gasteiger partial charge in [-0.3, -0.25) is 0 Å². The lowest BCUT2D eigenvalue weighted by Crippen LogP contribution is -2.53. The topological polar surface area (TPSA) is 47.3 Å². The van der Waals surface area contributed by atoms with Crippen molar-refractivity contribution in [1.29, 1.82) is 0 Å². The molecule has 1 fully saturated rings. The molecule has 19 heavy (non-hydrogen) atoms. The van der Waals surface area contributed by atoms with Crippen LogP contribution in [-0.2, 0) is 0 Å². The number of methoxy groups -OCH3 is 1. The number of benzene rings is 1. The SMILES string of the molecule is COc1cc(NC2(CN)CCCC2(C)C)ccc1F. The van der Waals surface area contributed by atoms with E-state index in [0.717, 1.165) is 24.9 Å². The summed E-state index contributed by atoms with van der Waals surface area (Å²) in [6, 6.07) is 4.86. The Kier molecular flexibility index (Phi) is 3.72. The van der Waals surface area contributed by atoms with E-state index in [-0.39, 0.29) is 22.5 Å². The van der Waals surface area contributed by atoms with Crippen molar-refractivity contribution in [1.82, 2.24) is 0 Å². The van der Waals surface area contributed by atoms with E-state index in [1.54, 1.807) is 12.1 Å². The van der Waals surface area contributed by atoms with E-state index in [4.69, 9.17) is 10.5 Å². The van der Waals surface area contributed by atoms with Gasteiger partial charge in [-0.15, -0.1) is 0 Å². The van der Waals surface area contributed by atoms with Gasteiger partial charge in [0, 0.05) is 18.3 Å². The van der Waals surface area contributed by atoms with Gasteiger partial charge in [-0.2, -0.15) is 0 Å². The van der Waals surface area contributed by atoms with E-state index in [1.807, 2.05) is 0 Å². The maximum absolute atomic E-state index is 13.4. The summed E-state index contributed by atoms with van der Waals surface area (Å²) in [5.41, 5.74) is 6.88. The molecule has 0 bridgehead atoms. The molecule has 106 valence electrons. The molecule has 3 nitrogen and oxygen atoms in total. The van der Waals surface area contributed by atoms with Crippen molar-refractivity contribution in [3.05, 3.63) is 24.0 Å². The Morgan fingerprint density at radius 2 is 2.11 bits per heavy atom. The second-order valence-corrected chi connectivity index (χ2v) is 6.00. The standard InChI is InChI=1S/C15H23FN2O/c1-14(2)7-4-8-15(14,10-17)18-11-5-6-12(16)13(9-11)19-3/h5-6,9,18H,4,7-8,10,17H2,1-3H3. The Morgan fingerprint density at radius 1 is 1.37 bits per heavy atom. The van der Waals surface area contributed by atoms with E-state index in [0.29, 0.717) is 6.54 Å². The summed E-state index contributed by atoms with van der Waals surface area (Å²) in [6.07, 6.45) is 3.35. The normalized spacial score (nSPS) is 25.3. The molecular weight excluding hydrogens is 243 g/mol. The Labute approximate surface area is 114 Å². The molecule has 0 aliphatic heterocycles. The molecule has 1 unspecified atom stereocenters. The highest BCUT2D eigenvalue weighted by molar-refractivity contribution is 5.51. The summed E-state index contributed by atoms with van der Waals surface area (Å²) in [5.74, 6) is -0.0893. The molecular formula is C15H23FN2O. The average Bonchev–Trinajstić information content (AvgIpc) is 2.67. The van der Waals surface area contributed by atoms with Gasteiger partial charge < -0.3 is 15.8 Å². The predicted molar refractivity (Wildman–Crippen MR) is 76.0 cm³/mol. The van der Waals surface area contributed by atoms with Gasteiger partial charge in [0.05, 0.1) is 12.6 Å². The van der Waals surface area contributed by atoms with Crippen LogP contribution in [0.1, 0.15) is 33.1 Å².